The maximum absolute atomic E-state index is 13.0. The fourth-order valence-corrected chi connectivity index (χ4v) is 5.35. The van der Waals surface area contributed by atoms with E-state index in [4.69, 9.17) is 0 Å². The number of anilines is 2. The molecule has 0 radical (unpaired) electrons. The van der Waals surface area contributed by atoms with Gasteiger partial charge in [-0.3, -0.25) is 14.4 Å². The van der Waals surface area contributed by atoms with Crippen LogP contribution in [-0.2, 0) is 14.3 Å². The molecule has 2 aliphatic heterocycles. The van der Waals surface area contributed by atoms with Crippen LogP contribution in [0.3, 0.4) is 0 Å². The van der Waals surface area contributed by atoms with Crippen molar-refractivity contribution in [3.05, 3.63) is 34.4 Å². The predicted molar refractivity (Wildman–Crippen MR) is 134 cm³/mol. The molecule has 10 nitrogen and oxygen atoms in total. The van der Waals surface area contributed by atoms with Gasteiger partial charge in [-0.25, -0.2) is 15.0 Å². The van der Waals surface area contributed by atoms with Gasteiger partial charge in [0.05, 0.1) is 30.3 Å². The van der Waals surface area contributed by atoms with E-state index in [0.717, 1.165) is 30.0 Å². The van der Waals surface area contributed by atoms with Crippen molar-refractivity contribution in [2.24, 2.45) is 5.10 Å². The number of likely N-dealkylation sites (tertiary alicyclic amines) is 1. The van der Waals surface area contributed by atoms with E-state index >= 15 is 0 Å². The lowest BCUT2D eigenvalue weighted by Crippen LogP contribution is -2.38. The van der Waals surface area contributed by atoms with E-state index < -0.39 is 0 Å². The van der Waals surface area contributed by atoms with E-state index in [-0.39, 0.29) is 42.6 Å². The smallest absolute Gasteiger partial charge is 0.306 e. The fourth-order valence-electron chi connectivity index (χ4n) is 4.38. The molecule has 0 aliphatic carbocycles. The zero-order chi connectivity index (χ0) is 24.9. The molecular weight excluding hydrogens is 468 g/mol. The molecule has 35 heavy (non-hydrogen) atoms. The Bertz CT molecular complexity index is 1120. The summed E-state index contributed by atoms with van der Waals surface area (Å²) in [7, 11) is 1.32. The van der Waals surface area contributed by atoms with Crippen LogP contribution < -0.4 is 10.3 Å². The van der Waals surface area contributed by atoms with Crippen molar-refractivity contribution in [3.8, 4) is 0 Å². The number of carbonyl (C=O) groups is 3. The van der Waals surface area contributed by atoms with Crippen molar-refractivity contribution in [1.29, 1.82) is 0 Å². The van der Waals surface area contributed by atoms with Crippen molar-refractivity contribution in [2.75, 3.05) is 30.5 Å². The van der Waals surface area contributed by atoms with Gasteiger partial charge in [0, 0.05) is 49.1 Å². The summed E-state index contributed by atoms with van der Waals surface area (Å²) in [6, 6.07) is 3.77. The minimum Gasteiger partial charge on any atom is -0.469 e. The molecule has 4 rings (SSSR count). The first-order valence-electron chi connectivity index (χ1n) is 11.8. The molecule has 2 aliphatic rings. The lowest BCUT2D eigenvalue weighted by molar-refractivity contribution is -0.143. The van der Waals surface area contributed by atoms with Gasteiger partial charge in [-0.2, -0.15) is 5.10 Å². The number of aromatic nitrogens is 2. The van der Waals surface area contributed by atoms with Gasteiger partial charge in [-0.05, 0) is 38.8 Å². The first-order chi connectivity index (χ1) is 16.9. The number of rotatable bonds is 7. The highest BCUT2D eigenvalue weighted by Crippen LogP contribution is 2.32. The van der Waals surface area contributed by atoms with Crippen molar-refractivity contribution in [3.63, 3.8) is 0 Å². The molecule has 1 saturated heterocycles. The van der Waals surface area contributed by atoms with E-state index in [9.17, 15) is 14.4 Å². The number of nitrogens with zero attached hydrogens (tertiary/aromatic N) is 5. The summed E-state index contributed by atoms with van der Waals surface area (Å²) in [6.45, 7) is 5.28. The Balaban J connectivity index is 1.35. The zero-order valence-electron chi connectivity index (χ0n) is 20.2. The Hall–Kier alpha value is -3.34. The largest absolute Gasteiger partial charge is 0.469 e. The van der Waals surface area contributed by atoms with Crippen LogP contribution in [0.1, 0.15) is 67.4 Å². The number of thiazole rings is 1. The van der Waals surface area contributed by atoms with Crippen LogP contribution in [-0.4, -0.2) is 64.6 Å². The van der Waals surface area contributed by atoms with Crippen LogP contribution in [0.4, 0.5) is 11.5 Å². The Labute approximate surface area is 208 Å². The molecule has 2 aromatic heterocycles. The molecule has 4 heterocycles. The van der Waals surface area contributed by atoms with E-state index in [1.807, 2.05) is 18.0 Å². The molecule has 2 amide bonds. The molecular formula is C24H30N6O4S. The van der Waals surface area contributed by atoms with E-state index in [1.165, 1.54) is 18.4 Å². The number of amides is 2. The lowest BCUT2D eigenvalue weighted by Gasteiger charge is -2.31. The molecule has 0 saturated carbocycles. The van der Waals surface area contributed by atoms with Crippen LogP contribution in [0, 0.1) is 0 Å². The second-order valence-electron chi connectivity index (χ2n) is 8.86. The highest BCUT2D eigenvalue weighted by molar-refractivity contribution is 7.10. The molecule has 0 spiro atoms. The first kappa shape index (κ1) is 24.8. The minimum absolute atomic E-state index is 0.0350. The number of methoxy groups -OCH3 is 1. The van der Waals surface area contributed by atoms with E-state index in [2.05, 4.69) is 32.0 Å². The summed E-state index contributed by atoms with van der Waals surface area (Å²) < 4.78 is 4.60. The van der Waals surface area contributed by atoms with E-state index in [1.54, 1.807) is 22.5 Å². The maximum atomic E-state index is 13.0. The van der Waals surface area contributed by atoms with Crippen molar-refractivity contribution < 1.29 is 19.1 Å². The van der Waals surface area contributed by atoms with Crippen LogP contribution in [0.2, 0.25) is 0 Å². The van der Waals surface area contributed by atoms with Gasteiger partial charge in [0.15, 0.2) is 5.82 Å². The summed E-state index contributed by atoms with van der Waals surface area (Å²) in [4.78, 5) is 47.4. The topological polar surface area (TPSA) is 117 Å². The Kier molecular flexibility index (Phi) is 7.74. The van der Waals surface area contributed by atoms with Gasteiger partial charge in [0.2, 0.25) is 5.91 Å². The summed E-state index contributed by atoms with van der Waals surface area (Å²) in [6.07, 6.45) is 4.35. The van der Waals surface area contributed by atoms with Crippen molar-refractivity contribution in [1.82, 2.24) is 14.9 Å². The highest BCUT2D eigenvalue weighted by atomic mass is 32.1. The normalized spacial score (nSPS) is 18.4. The number of nitrogens with one attached hydrogen (secondary N) is 1. The van der Waals surface area contributed by atoms with Gasteiger partial charge in [0.1, 0.15) is 5.69 Å². The Morgan fingerprint density at radius 3 is 2.69 bits per heavy atom. The average molecular weight is 499 g/mol. The minimum atomic E-state index is -0.377. The number of hydrogen-bond acceptors (Lipinski definition) is 9. The number of hydrazone groups is 1. The van der Waals surface area contributed by atoms with Crippen LogP contribution in [0.5, 0.6) is 0 Å². The molecule has 11 heteroatoms. The third kappa shape index (κ3) is 5.84. The molecule has 2 aromatic rings. The van der Waals surface area contributed by atoms with Crippen LogP contribution in [0.25, 0.3) is 0 Å². The molecule has 1 fully saturated rings. The number of esters is 1. The molecule has 0 aromatic carbocycles. The van der Waals surface area contributed by atoms with Gasteiger partial charge < -0.3 is 15.0 Å². The summed E-state index contributed by atoms with van der Waals surface area (Å²) in [5.74, 6) is 0.114. The van der Waals surface area contributed by atoms with Gasteiger partial charge >= 0.3 is 5.97 Å². The molecule has 0 bridgehead atoms. The maximum Gasteiger partial charge on any atom is 0.306 e. The molecule has 186 valence electrons. The first-order valence-corrected chi connectivity index (χ1v) is 12.6. The zero-order valence-corrected chi connectivity index (χ0v) is 21.0. The summed E-state index contributed by atoms with van der Waals surface area (Å²) in [5, 5.41) is 12.0. The number of hydrogen-bond donors (Lipinski definition) is 1. The molecule has 1 N–H and O–H groups in total. The molecule has 1 atom stereocenters. The Morgan fingerprint density at radius 1 is 1.23 bits per heavy atom. The lowest BCUT2D eigenvalue weighted by atomic mass is 9.97. The van der Waals surface area contributed by atoms with Gasteiger partial charge in [0.25, 0.3) is 5.91 Å². The number of piperidine rings is 1. The SMILES string of the molecule is COC(=O)CCC(=O)N1CCC(c2nc(C(=O)Nc3cccnc3N3N=C(C)CC3C)cs2)CC1. The predicted octanol–water partition coefficient (Wildman–Crippen LogP) is 3.42. The molecule has 1 unspecified atom stereocenters. The second kappa shape index (κ2) is 10.9. The van der Waals surface area contributed by atoms with Gasteiger partial charge in [-0.1, -0.05) is 0 Å². The number of pyridine rings is 1. The van der Waals surface area contributed by atoms with Crippen LogP contribution in [0.15, 0.2) is 28.8 Å². The Morgan fingerprint density at radius 2 is 2.00 bits per heavy atom. The summed E-state index contributed by atoms with van der Waals surface area (Å²) >= 11 is 1.47. The third-order valence-electron chi connectivity index (χ3n) is 6.26. The number of ether oxygens (including phenoxy) is 1. The van der Waals surface area contributed by atoms with Gasteiger partial charge in [-0.15, -0.1) is 11.3 Å². The van der Waals surface area contributed by atoms with Crippen molar-refractivity contribution in [2.45, 2.75) is 57.9 Å². The standard InChI is InChI=1S/C24H30N6O4S/c1-15-13-16(2)30(28-15)22-18(5-4-10-25-22)26-23(33)19-14-35-24(27-19)17-8-11-29(12-9-17)20(31)6-7-21(32)34-3/h4-5,10,14,16-17H,6-9,11-13H2,1-3H3,(H,26,33). The monoisotopic (exact) mass is 498 g/mol. The fraction of sp³-hybridized carbons (Fsp3) is 0.500. The number of carbonyl (C=O) groups excluding carboxylic acids is 3. The van der Waals surface area contributed by atoms with Crippen LogP contribution >= 0.6 is 11.3 Å². The van der Waals surface area contributed by atoms with E-state index in [0.29, 0.717) is 30.3 Å². The third-order valence-corrected chi connectivity index (χ3v) is 7.27. The second-order valence-corrected chi connectivity index (χ2v) is 9.75. The quantitative estimate of drug-likeness (QED) is 0.581. The average Bonchev–Trinajstić information content (AvgIpc) is 3.49. The highest BCUT2D eigenvalue weighted by Gasteiger charge is 2.28. The van der Waals surface area contributed by atoms with Crippen molar-refractivity contribution >= 4 is 46.3 Å². The summed E-state index contributed by atoms with van der Waals surface area (Å²) in [5.41, 5.74) is 1.99.